The number of hydrogen-bond acceptors (Lipinski definition) is 3. The molecule has 8 aromatic carbocycles. The monoisotopic (exact) mass is 1000 g/mol. The molecular formula is C74H73N3. The highest BCUT2D eigenvalue weighted by Gasteiger charge is 2.27. The third kappa shape index (κ3) is 10.7. The van der Waals surface area contributed by atoms with E-state index in [1.807, 2.05) is 12.4 Å². The van der Waals surface area contributed by atoms with Crippen molar-refractivity contribution >= 4 is 17.1 Å². The number of aromatic nitrogens is 2. The van der Waals surface area contributed by atoms with E-state index in [-0.39, 0.29) is 23.7 Å². The maximum Gasteiger partial charge on any atom is 0.0709 e. The van der Waals surface area contributed by atoms with Crippen LogP contribution in [0.2, 0.25) is 0 Å². The second-order valence-corrected chi connectivity index (χ2v) is 22.5. The fraction of sp³-hybridized carbons (Fsp3) is 0.216. The molecule has 0 spiro atoms. The van der Waals surface area contributed by atoms with Gasteiger partial charge in [-0.25, -0.2) is 0 Å². The molecule has 0 radical (unpaired) electrons. The average Bonchev–Trinajstić information content (AvgIpc) is 3.46. The van der Waals surface area contributed by atoms with Crippen LogP contribution in [-0.2, 0) is 0 Å². The van der Waals surface area contributed by atoms with Crippen molar-refractivity contribution in [1.29, 1.82) is 0 Å². The van der Waals surface area contributed by atoms with Crippen molar-refractivity contribution < 1.29 is 0 Å². The van der Waals surface area contributed by atoms with Crippen LogP contribution in [0.5, 0.6) is 0 Å². The maximum atomic E-state index is 5.30. The lowest BCUT2D eigenvalue weighted by Crippen LogP contribution is -2.14. The Balaban J connectivity index is 1.37. The molecule has 0 saturated carbocycles. The summed E-state index contributed by atoms with van der Waals surface area (Å²) in [5.74, 6) is 1.15. The minimum absolute atomic E-state index is 0.288. The van der Waals surface area contributed by atoms with Gasteiger partial charge in [-0.15, -0.1) is 0 Å². The van der Waals surface area contributed by atoms with Crippen LogP contribution in [0.15, 0.2) is 200 Å². The Morgan fingerprint density at radius 2 is 0.662 bits per heavy atom. The minimum Gasteiger partial charge on any atom is -0.310 e. The Bertz CT molecular complexity index is 3480. The first-order chi connectivity index (χ1) is 37.1. The van der Waals surface area contributed by atoms with E-state index in [1.165, 1.54) is 77.9 Å². The van der Waals surface area contributed by atoms with Gasteiger partial charge in [0.05, 0.1) is 17.1 Å². The SMILES string of the molecule is Cc1cc(C)c(N(c2cc(-c3cc(-c4ccccc4)c(C)cn3)cc(-c3c(C(C)C)cccc3C(C)C)c2)c2cc(-c3cc(-c4ccccc4)c(C)cn3)cc(-c3c(C(C)C)cccc3C(C)C)c2)c(-c2ccccc2)c1. The van der Waals surface area contributed by atoms with Gasteiger partial charge < -0.3 is 4.90 Å². The van der Waals surface area contributed by atoms with E-state index in [0.29, 0.717) is 0 Å². The molecule has 0 aliphatic rings. The lowest BCUT2D eigenvalue weighted by Gasteiger charge is -2.32. The van der Waals surface area contributed by atoms with Crippen molar-refractivity contribution in [2.45, 2.75) is 107 Å². The molecular weight excluding hydrogens is 931 g/mol. The molecule has 3 nitrogen and oxygen atoms in total. The topological polar surface area (TPSA) is 29.0 Å². The molecule has 2 aromatic heterocycles. The molecule has 2 heterocycles. The molecule has 0 N–H and O–H groups in total. The quantitative estimate of drug-likeness (QED) is 0.109. The molecule has 0 fully saturated rings. The molecule has 0 amide bonds. The lowest BCUT2D eigenvalue weighted by atomic mass is 9.83. The van der Waals surface area contributed by atoms with Gasteiger partial charge in [-0.05, 0) is 195 Å². The summed E-state index contributed by atoms with van der Waals surface area (Å²) in [6, 6.07) is 70.0. The number of pyridine rings is 2. The van der Waals surface area contributed by atoms with Crippen molar-refractivity contribution in [2.75, 3.05) is 4.90 Å². The average molecular weight is 1000 g/mol. The normalized spacial score (nSPS) is 11.6. The van der Waals surface area contributed by atoms with Crippen molar-refractivity contribution in [3.8, 4) is 78.1 Å². The summed E-state index contributed by atoms with van der Waals surface area (Å²) in [6.45, 7) is 27.4. The van der Waals surface area contributed by atoms with Crippen LogP contribution in [-0.4, -0.2) is 9.97 Å². The van der Waals surface area contributed by atoms with Crippen LogP contribution in [0, 0.1) is 27.7 Å². The molecule has 3 heteroatoms. The third-order valence-corrected chi connectivity index (χ3v) is 15.4. The second kappa shape index (κ2) is 22.2. The van der Waals surface area contributed by atoms with Crippen molar-refractivity contribution in [3.63, 3.8) is 0 Å². The fourth-order valence-electron chi connectivity index (χ4n) is 11.6. The van der Waals surface area contributed by atoms with E-state index in [2.05, 4.69) is 276 Å². The molecule has 0 bridgehead atoms. The van der Waals surface area contributed by atoms with Gasteiger partial charge in [-0.1, -0.05) is 194 Å². The zero-order valence-electron chi connectivity index (χ0n) is 47.2. The minimum atomic E-state index is 0.288. The lowest BCUT2D eigenvalue weighted by molar-refractivity contribution is 0.838. The molecule has 0 saturated heterocycles. The van der Waals surface area contributed by atoms with Crippen LogP contribution in [0.4, 0.5) is 17.1 Å². The van der Waals surface area contributed by atoms with E-state index in [0.717, 1.165) is 61.8 Å². The summed E-state index contributed by atoms with van der Waals surface area (Å²) in [6.07, 6.45) is 4.10. The molecule has 0 aliphatic carbocycles. The predicted octanol–water partition coefficient (Wildman–Crippen LogP) is 21.3. The number of benzene rings is 8. The van der Waals surface area contributed by atoms with Crippen molar-refractivity contribution in [2.24, 2.45) is 0 Å². The Morgan fingerprint density at radius 3 is 1.03 bits per heavy atom. The number of anilines is 3. The van der Waals surface area contributed by atoms with Crippen LogP contribution < -0.4 is 4.90 Å². The maximum absolute atomic E-state index is 5.30. The van der Waals surface area contributed by atoms with Crippen LogP contribution in [0.3, 0.4) is 0 Å². The Kier molecular flexibility index (Phi) is 15.1. The Morgan fingerprint density at radius 1 is 0.312 bits per heavy atom. The molecule has 384 valence electrons. The van der Waals surface area contributed by atoms with E-state index in [9.17, 15) is 0 Å². The highest BCUT2D eigenvalue weighted by molar-refractivity contribution is 5.96. The number of hydrogen-bond donors (Lipinski definition) is 0. The van der Waals surface area contributed by atoms with Gasteiger partial charge >= 0.3 is 0 Å². The summed E-state index contributed by atoms with van der Waals surface area (Å²) in [5, 5.41) is 0. The summed E-state index contributed by atoms with van der Waals surface area (Å²) in [7, 11) is 0. The van der Waals surface area contributed by atoms with Gasteiger partial charge in [-0.2, -0.15) is 0 Å². The third-order valence-electron chi connectivity index (χ3n) is 15.4. The zero-order valence-corrected chi connectivity index (χ0v) is 47.2. The smallest absolute Gasteiger partial charge is 0.0709 e. The number of nitrogens with zero attached hydrogens (tertiary/aromatic N) is 3. The molecule has 10 aromatic rings. The number of aryl methyl sites for hydroxylation is 4. The molecule has 77 heavy (non-hydrogen) atoms. The van der Waals surface area contributed by atoms with Crippen LogP contribution >= 0.6 is 0 Å². The summed E-state index contributed by atoms with van der Waals surface area (Å²) in [4.78, 5) is 13.2. The first kappa shape index (κ1) is 52.3. The molecule has 0 aliphatic heterocycles. The summed E-state index contributed by atoms with van der Waals surface area (Å²) >= 11 is 0. The first-order valence-corrected chi connectivity index (χ1v) is 27.7. The Hall–Kier alpha value is -8.14. The van der Waals surface area contributed by atoms with Gasteiger partial charge in [0, 0.05) is 40.5 Å². The predicted molar refractivity (Wildman–Crippen MR) is 330 cm³/mol. The highest BCUT2D eigenvalue weighted by Crippen LogP contribution is 2.50. The fourth-order valence-corrected chi connectivity index (χ4v) is 11.6. The molecule has 0 atom stereocenters. The molecule has 10 rings (SSSR count). The van der Waals surface area contributed by atoms with E-state index in [1.54, 1.807) is 0 Å². The zero-order chi connectivity index (χ0) is 54.1. The van der Waals surface area contributed by atoms with Gasteiger partial charge in [-0.3, -0.25) is 9.97 Å². The second-order valence-electron chi connectivity index (χ2n) is 22.5. The molecule has 0 unspecified atom stereocenters. The summed E-state index contributed by atoms with van der Waals surface area (Å²) in [5.41, 5.74) is 29.1. The van der Waals surface area contributed by atoms with E-state index >= 15 is 0 Å². The van der Waals surface area contributed by atoms with Gasteiger partial charge in [0.2, 0.25) is 0 Å². The van der Waals surface area contributed by atoms with Gasteiger partial charge in [0.15, 0.2) is 0 Å². The van der Waals surface area contributed by atoms with Crippen molar-refractivity contribution in [3.05, 3.63) is 245 Å². The van der Waals surface area contributed by atoms with Crippen LogP contribution in [0.1, 0.15) is 124 Å². The standard InChI is InChI=1S/C74H73N3/c1-46(2)63-30-22-31-64(47(3)4)72(63)59-36-57(70-42-67(52(11)44-75-70)54-24-16-13-17-25-54)38-61(40-59)77(74-51(10)34-50(9)35-69(74)56-28-20-15-21-29-56)62-39-58(71-43-68(53(12)45-76-71)55-26-18-14-19-27-55)37-60(41-62)73-65(48(5)6)32-23-33-66(73)49(7)8/h13-49H,1-12H3. The van der Waals surface area contributed by atoms with Gasteiger partial charge in [0.25, 0.3) is 0 Å². The van der Waals surface area contributed by atoms with E-state index in [4.69, 9.17) is 9.97 Å². The van der Waals surface area contributed by atoms with Gasteiger partial charge in [0.1, 0.15) is 0 Å². The number of rotatable bonds is 14. The highest BCUT2D eigenvalue weighted by atomic mass is 15.1. The Labute approximate surface area is 459 Å². The van der Waals surface area contributed by atoms with Crippen molar-refractivity contribution in [1.82, 2.24) is 9.97 Å². The van der Waals surface area contributed by atoms with Crippen LogP contribution in [0.25, 0.3) is 78.1 Å². The first-order valence-electron chi connectivity index (χ1n) is 27.7. The summed E-state index contributed by atoms with van der Waals surface area (Å²) < 4.78 is 0. The largest absolute Gasteiger partial charge is 0.310 e. The van der Waals surface area contributed by atoms with E-state index < -0.39 is 0 Å².